The van der Waals surface area contributed by atoms with Gasteiger partial charge in [0.15, 0.2) is 5.75 Å². The second kappa shape index (κ2) is 4.28. The molecule has 1 aromatic carbocycles. The Kier molecular flexibility index (Phi) is 2.59. The summed E-state index contributed by atoms with van der Waals surface area (Å²) in [7, 11) is 0. The average Bonchev–Trinajstić information content (AvgIpc) is 2.76. The normalized spacial score (nSPS) is 10.8. The fourth-order valence-corrected chi connectivity index (χ4v) is 1.95. The minimum Gasteiger partial charge on any atom is -0.435 e. The molecule has 0 radical (unpaired) electrons. The first-order valence-corrected chi connectivity index (χ1v) is 5.99. The second-order valence-corrected chi connectivity index (χ2v) is 4.44. The van der Waals surface area contributed by atoms with E-state index < -0.39 is 0 Å². The Bertz CT molecular complexity index is 748. The molecule has 96 valence electrons. The molecule has 0 aliphatic carbocycles. The van der Waals surface area contributed by atoms with Crippen LogP contribution in [0.15, 0.2) is 36.7 Å². The van der Waals surface area contributed by atoms with Gasteiger partial charge in [0.05, 0.1) is 11.4 Å². The summed E-state index contributed by atoms with van der Waals surface area (Å²) in [5, 5.41) is 4.32. The number of nitrogens with two attached hydrogens (primary N) is 1. The number of nitrogen functional groups attached to an aromatic ring is 1. The van der Waals surface area contributed by atoms with Gasteiger partial charge in [-0.25, -0.2) is 9.50 Å². The molecule has 3 aromatic rings. The summed E-state index contributed by atoms with van der Waals surface area (Å²) in [5.74, 6) is 1.11. The van der Waals surface area contributed by atoms with Crippen molar-refractivity contribution in [1.29, 1.82) is 0 Å². The second-order valence-electron chi connectivity index (χ2n) is 4.44. The Morgan fingerprint density at radius 3 is 2.95 bits per heavy atom. The Balaban J connectivity index is 2.08. The maximum Gasteiger partial charge on any atom is 0.245 e. The topological polar surface area (TPSA) is 65.4 Å². The van der Waals surface area contributed by atoms with E-state index in [4.69, 9.17) is 10.5 Å². The molecule has 0 spiro atoms. The summed E-state index contributed by atoms with van der Waals surface area (Å²) < 4.78 is 7.56. The Morgan fingerprint density at radius 1 is 1.26 bits per heavy atom. The lowest BCUT2D eigenvalue weighted by Crippen LogP contribution is -1.97. The smallest absolute Gasteiger partial charge is 0.245 e. The van der Waals surface area contributed by atoms with Crippen molar-refractivity contribution < 1.29 is 4.74 Å². The van der Waals surface area contributed by atoms with Crippen LogP contribution in [0.2, 0.25) is 0 Å². The molecule has 5 heteroatoms. The monoisotopic (exact) mass is 254 g/mol. The van der Waals surface area contributed by atoms with Crippen LogP contribution < -0.4 is 10.5 Å². The fourth-order valence-electron chi connectivity index (χ4n) is 1.95. The number of hydrogen-bond donors (Lipinski definition) is 1. The molecule has 0 aliphatic heterocycles. The zero-order valence-corrected chi connectivity index (χ0v) is 10.8. The van der Waals surface area contributed by atoms with Gasteiger partial charge >= 0.3 is 0 Å². The number of para-hydroxylation sites is 1. The standard InChI is InChI=1S/C14H14N4O/c1-9-4-3-5-12(13(9)15)19-14-11-8-10(2)17-18(11)7-6-16-14/h3-8H,15H2,1-2H3. The number of benzene rings is 1. The van der Waals surface area contributed by atoms with Gasteiger partial charge in [-0.3, -0.25) is 0 Å². The van der Waals surface area contributed by atoms with Crippen molar-refractivity contribution in [2.45, 2.75) is 13.8 Å². The first-order valence-electron chi connectivity index (χ1n) is 5.99. The minimum atomic E-state index is 0.500. The first kappa shape index (κ1) is 11.5. The van der Waals surface area contributed by atoms with Crippen LogP contribution in [0.3, 0.4) is 0 Å². The quantitative estimate of drug-likeness (QED) is 0.714. The third kappa shape index (κ3) is 1.99. The van der Waals surface area contributed by atoms with Gasteiger partial charge in [-0.15, -0.1) is 0 Å². The highest BCUT2D eigenvalue weighted by atomic mass is 16.5. The molecule has 0 saturated heterocycles. The van der Waals surface area contributed by atoms with Crippen molar-refractivity contribution in [3.8, 4) is 11.6 Å². The minimum absolute atomic E-state index is 0.500. The summed E-state index contributed by atoms with van der Waals surface area (Å²) in [6.07, 6.45) is 3.44. The fraction of sp³-hybridized carbons (Fsp3) is 0.143. The van der Waals surface area contributed by atoms with Crippen LogP contribution in [0.1, 0.15) is 11.3 Å². The number of fused-ring (bicyclic) bond motifs is 1. The van der Waals surface area contributed by atoms with Crippen LogP contribution in [0, 0.1) is 13.8 Å². The van der Waals surface area contributed by atoms with Gasteiger partial charge in [0.2, 0.25) is 5.88 Å². The van der Waals surface area contributed by atoms with E-state index in [1.165, 1.54) is 0 Å². The SMILES string of the molecule is Cc1cc2c(Oc3cccc(C)c3N)nccn2n1. The molecule has 5 nitrogen and oxygen atoms in total. The van der Waals surface area contributed by atoms with Crippen LogP contribution in [-0.2, 0) is 0 Å². The van der Waals surface area contributed by atoms with E-state index in [1.807, 2.05) is 38.1 Å². The highest BCUT2D eigenvalue weighted by Crippen LogP contribution is 2.30. The number of aromatic nitrogens is 3. The molecule has 19 heavy (non-hydrogen) atoms. The Labute approximate surface area is 110 Å². The predicted molar refractivity (Wildman–Crippen MR) is 73.4 cm³/mol. The summed E-state index contributed by atoms with van der Waals surface area (Å²) >= 11 is 0. The molecule has 2 heterocycles. The maximum atomic E-state index is 6.00. The number of aryl methyl sites for hydroxylation is 2. The average molecular weight is 254 g/mol. The molecule has 0 fully saturated rings. The van der Waals surface area contributed by atoms with Crippen LogP contribution in [0.5, 0.6) is 11.6 Å². The molecular weight excluding hydrogens is 240 g/mol. The molecule has 0 amide bonds. The van der Waals surface area contributed by atoms with E-state index >= 15 is 0 Å². The first-order chi connectivity index (χ1) is 9.15. The van der Waals surface area contributed by atoms with E-state index in [-0.39, 0.29) is 0 Å². The lowest BCUT2D eigenvalue weighted by molar-refractivity contribution is 0.467. The largest absolute Gasteiger partial charge is 0.435 e. The molecule has 0 unspecified atom stereocenters. The number of hydrogen-bond acceptors (Lipinski definition) is 4. The maximum absolute atomic E-state index is 6.00. The zero-order chi connectivity index (χ0) is 13.4. The molecule has 0 atom stereocenters. The van der Waals surface area contributed by atoms with E-state index in [2.05, 4.69) is 10.1 Å². The lowest BCUT2D eigenvalue weighted by atomic mass is 10.2. The zero-order valence-electron chi connectivity index (χ0n) is 10.8. The van der Waals surface area contributed by atoms with Gasteiger partial charge in [0, 0.05) is 12.4 Å². The molecule has 2 N–H and O–H groups in total. The van der Waals surface area contributed by atoms with Crippen molar-refractivity contribution in [1.82, 2.24) is 14.6 Å². The highest BCUT2D eigenvalue weighted by molar-refractivity contribution is 5.62. The molecular formula is C14H14N4O. The van der Waals surface area contributed by atoms with Crippen molar-refractivity contribution in [3.05, 3.63) is 47.9 Å². The number of rotatable bonds is 2. The number of ether oxygens (including phenoxy) is 1. The van der Waals surface area contributed by atoms with Gasteiger partial charge in [-0.05, 0) is 31.5 Å². The van der Waals surface area contributed by atoms with Crippen molar-refractivity contribution >= 4 is 11.2 Å². The summed E-state index contributed by atoms with van der Waals surface area (Å²) in [6.45, 7) is 3.87. The predicted octanol–water partition coefficient (Wildman–Crippen LogP) is 2.72. The van der Waals surface area contributed by atoms with Gasteiger partial charge in [-0.2, -0.15) is 5.10 Å². The third-order valence-electron chi connectivity index (χ3n) is 2.97. The van der Waals surface area contributed by atoms with Crippen LogP contribution in [0.25, 0.3) is 5.52 Å². The van der Waals surface area contributed by atoms with Gasteiger partial charge in [0.25, 0.3) is 0 Å². The third-order valence-corrected chi connectivity index (χ3v) is 2.97. The van der Waals surface area contributed by atoms with Gasteiger partial charge in [0.1, 0.15) is 5.52 Å². The van der Waals surface area contributed by atoms with E-state index in [0.29, 0.717) is 17.3 Å². The van der Waals surface area contributed by atoms with Crippen molar-refractivity contribution in [3.63, 3.8) is 0 Å². The molecule has 0 aliphatic rings. The van der Waals surface area contributed by atoms with Crippen LogP contribution in [0.4, 0.5) is 5.69 Å². The molecule has 0 bridgehead atoms. The van der Waals surface area contributed by atoms with Gasteiger partial charge in [-0.1, -0.05) is 12.1 Å². The van der Waals surface area contributed by atoms with Crippen LogP contribution >= 0.6 is 0 Å². The van der Waals surface area contributed by atoms with Crippen LogP contribution in [-0.4, -0.2) is 14.6 Å². The Morgan fingerprint density at radius 2 is 2.11 bits per heavy atom. The molecule has 0 saturated carbocycles. The van der Waals surface area contributed by atoms with E-state index in [1.54, 1.807) is 16.9 Å². The number of anilines is 1. The lowest BCUT2D eigenvalue weighted by Gasteiger charge is -2.09. The van der Waals surface area contributed by atoms with E-state index in [9.17, 15) is 0 Å². The summed E-state index contributed by atoms with van der Waals surface area (Å²) in [5.41, 5.74) is 9.34. The van der Waals surface area contributed by atoms with Crippen molar-refractivity contribution in [2.75, 3.05) is 5.73 Å². The summed E-state index contributed by atoms with van der Waals surface area (Å²) in [4.78, 5) is 4.25. The van der Waals surface area contributed by atoms with Crippen molar-refractivity contribution in [2.24, 2.45) is 0 Å². The highest BCUT2D eigenvalue weighted by Gasteiger charge is 2.10. The van der Waals surface area contributed by atoms with Gasteiger partial charge < -0.3 is 10.5 Å². The molecule has 2 aromatic heterocycles. The molecule has 3 rings (SSSR count). The number of nitrogens with zero attached hydrogens (tertiary/aromatic N) is 3. The van der Waals surface area contributed by atoms with E-state index in [0.717, 1.165) is 16.8 Å². The summed E-state index contributed by atoms with van der Waals surface area (Å²) in [6, 6.07) is 7.60. The Hall–Kier alpha value is -2.56.